The summed E-state index contributed by atoms with van der Waals surface area (Å²) >= 11 is 0. The molecule has 0 radical (unpaired) electrons. The zero-order chi connectivity index (χ0) is 15.5. The molecule has 0 aliphatic carbocycles. The topological polar surface area (TPSA) is 55.4 Å². The number of nitriles is 1. The molecule has 3 rings (SSSR count). The molecule has 0 atom stereocenters. The van der Waals surface area contributed by atoms with Crippen molar-refractivity contribution in [3.63, 3.8) is 0 Å². The van der Waals surface area contributed by atoms with E-state index in [9.17, 15) is 5.26 Å². The van der Waals surface area contributed by atoms with Crippen LogP contribution in [0, 0.1) is 11.3 Å². The first-order chi connectivity index (χ1) is 10.8. The Morgan fingerprint density at radius 1 is 1.05 bits per heavy atom. The quantitative estimate of drug-likeness (QED) is 0.731. The van der Waals surface area contributed by atoms with Crippen LogP contribution in [0.5, 0.6) is 11.5 Å². The Labute approximate surface area is 128 Å². The van der Waals surface area contributed by atoms with Crippen molar-refractivity contribution in [1.82, 2.24) is 0 Å². The Bertz CT molecular complexity index is 844. The number of methoxy groups -OCH3 is 2. The second kappa shape index (κ2) is 5.82. The van der Waals surface area contributed by atoms with Gasteiger partial charge in [-0.1, -0.05) is 30.3 Å². The van der Waals surface area contributed by atoms with Crippen LogP contribution in [0.4, 0.5) is 0 Å². The fraction of sp³-hybridized carbons (Fsp3) is 0.167. The van der Waals surface area contributed by atoms with E-state index in [0.29, 0.717) is 34.8 Å². The van der Waals surface area contributed by atoms with Crippen molar-refractivity contribution in [2.45, 2.75) is 6.42 Å². The first-order valence-electron chi connectivity index (χ1n) is 6.88. The lowest BCUT2D eigenvalue weighted by atomic mass is 10.1. The highest BCUT2D eigenvalue weighted by Crippen LogP contribution is 2.36. The monoisotopic (exact) mass is 293 g/mol. The molecule has 0 fully saturated rings. The van der Waals surface area contributed by atoms with E-state index in [-0.39, 0.29) is 0 Å². The van der Waals surface area contributed by atoms with E-state index >= 15 is 0 Å². The average Bonchev–Trinajstić information content (AvgIpc) is 2.90. The zero-order valence-electron chi connectivity index (χ0n) is 12.4. The number of hydrogen-bond donors (Lipinski definition) is 0. The number of benzene rings is 2. The van der Waals surface area contributed by atoms with Gasteiger partial charge in [-0.25, -0.2) is 0 Å². The lowest BCUT2D eigenvalue weighted by molar-refractivity contribution is 0.355. The number of rotatable bonds is 4. The number of furan rings is 1. The largest absolute Gasteiger partial charge is 0.493 e. The van der Waals surface area contributed by atoms with E-state index in [4.69, 9.17) is 13.9 Å². The summed E-state index contributed by atoms with van der Waals surface area (Å²) in [5.41, 5.74) is 2.26. The molecule has 1 heterocycles. The SMILES string of the molecule is COc1cc2oc(Cc3ccccc3)c(C#N)c2cc1OC. The number of hydrogen-bond acceptors (Lipinski definition) is 4. The average molecular weight is 293 g/mol. The molecule has 0 bridgehead atoms. The summed E-state index contributed by atoms with van der Waals surface area (Å²) in [4.78, 5) is 0. The summed E-state index contributed by atoms with van der Waals surface area (Å²) in [6.45, 7) is 0. The summed E-state index contributed by atoms with van der Waals surface area (Å²) in [5.74, 6) is 1.82. The van der Waals surface area contributed by atoms with Gasteiger partial charge in [0.15, 0.2) is 11.5 Å². The van der Waals surface area contributed by atoms with Gasteiger partial charge < -0.3 is 13.9 Å². The van der Waals surface area contributed by atoms with E-state index in [1.807, 2.05) is 30.3 Å². The summed E-state index contributed by atoms with van der Waals surface area (Å²) in [6.07, 6.45) is 0.572. The molecule has 0 saturated carbocycles. The van der Waals surface area contributed by atoms with Crippen molar-refractivity contribution in [2.24, 2.45) is 0 Å². The minimum Gasteiger partial charge on any atom is -0.493 e. The van der Waals surface area contributed by atoms with Crippen molar-refractivity contribution in [3.8, 4) is 17.6 Å². The molecule has 0 amide bonds. The van der Waals surface area contributed by atoms with Crippen LogP contribution in [-0.4, -0.2) is 14.2 Å². The molecule has 4 heteroatoms. The fourth-order valence-corrected chi connectivity index (χ4v) is 2.50. The van der Waals surface area contributed by atoms with Crippen molar-refractivity contribution in [3.05, 3.63) is 59.4 Å². The molecule has 2 aromatic carbocycles. The van der Waals surface area contributed by atoms with Crippen LogP contribution in [0.2, 0.25) is 0 Å². The Hall–Kier alpha value is -2.93. The normalized spacial score (nSPS) is 10.4. The molecule has 110 valence electrons. The number of nitrogens with zero attached hydrogens (tertiary/aromatic N) is 1. The van der Waals surface area contributed by atoms with Gasteiger partial charge in [-0.05, 0) is 11.6 Å². The van der Waals surface area contributed by atoms with E-state index in [1.54, 1.807) is 26.4 Å². The van der Waals surface area contributed by atoms with Gasteiger partial charge in [0.2, 0.25) is 0 Å². The van der Waals surface area contributed by atoms with Crippen molar-refractivity contribution >= 4 is 11.0 Å². The van der Waals surface area contributed by atoms with Gasteiger partial charge in [0.05, 0.1) is 14.2 Å². The Morgan fingerprint density at radius 3 is 2.36 bits per heavy atom. The second-order valence-corrected chi connectivity index (χ2v) is 4.88. The summed E-state index contributed by atoms with van der Waals surface area (Å²) in [5, 5.41) is 10.2. The third kappa shape index (κ3) is 2.38. The van der Waals surface area contributed by atoms with E-state index in [0.717, 1.165) is 10.9 Å². The maximum absolute atomic E-state index is 9.49. The van der Waals surface area contributed by atoms with Gasteiger partial charge >= 0.3 is 0 Å². The van der Waals surface area contributed by atoms with Gasteiger partial charge in [0.25, 0.3) is 0 Å². The summed E-state index contributed by atoms with van der Waals surface area (Å²) in [6, 6.07) is 15.7. The van der Waals surface area contributed by atoms with Crippen LogP contribution in [0.3, 0.4) is 0 Å². The molecule has 22 heavy (non-hydrogen) atoms. The molecule has 4 nitrogen and oxygen atoms in total. The minimum absolute atomic E-state index is 0.541. The third-order valence-electron chi connectivity index (χ3n) is 3.59. The second-order valence-electron chi connectivity index (χ2n) is 4.88. The van der Waals surface area contributed by atoms with Crippen LogP contribution in [0.1, 0.15) is 16.9 Å². The zero-order valence-corrected chi connectivity index (χ0v) is 12.4. The lowest BCUT2D eigenvalue weighted by Gasteiger charge is -2.06. The third-order valence-corrected chi connectivity index (χ3v) is 3.59. The summed E-state index contributed by atoms with van der Waals surface area (Å²) < 4.78 is 16.5. The van der Waals surface area contributed by atoms with Gasteiger partial charge in [-0.15, -0.1) is 0 Å². The van der Waals surface area contributed by atoms with Crippen molar-refractivity contribution in [2.75, 3.05) is 14.2 Å². The maximum Gasteiger partial charge on any atom is 0.164 e. The first kappa shape index (κ1) is 14.0. The van der Waals surface area contributed by atoms with Crippen molar-refractivity contribution in [1.29, 1.82) is 5.26 Å². The van der Waals surface area contributed by atoms with Crippen LogP contribution < -0.4 is 9.47 Å². The molecule has 0 aliphatic heterocycles. The van der Waals surface area contributed by atoms with Crippen molar-refractivity contribution < 1.29 is 13.9 Å². The molecule has 0 aliphatic rings. The van der Waals surface area contributed by atoms with Crippen LogP contribution >= 0.6 is 0 Å². The summed E-state index contributed by atoms with van der Waals surface area (Å²) in [7, 11) is 3.14. The van der Waals surface area contributed by atoms with Crippen LogP contribution in [-0.2, 0) is 6.42 Å². The highest BCUT2D eigenvalue weighted by Gasteiger charge is 2.17. The van der Waals surface area contributed by atoms with Gasteiger partial charge in [-0.3, -0.25) is 0 Å². The molecule has 1 aromatic heterocycles. The van der Waals surface area contributed by atoms with E-state index < -0.39 is 0 Å². The number of ether oxygens (including phenoxy) is 2. The van der Waals surface area contributed by atoms with E-state index in [1.165, 1.54) is 0 Å². The molecule has 0 N–H and O–H groups in total. The molecule has 0 unspecified atom stereocenters. The predicted molar refractivity (Wildman–Crippen MR) is 83.3 cm³/mol. The standard InChI is InChI=1S/C18H15NO3/c1-20-17-9-13-14(11-19)15(8-12-6-4-3-5-7-12)22-16(13)10-18(17)21-2/h3-7,9-10H,8H2,1-2H3. The van der Waals surface area contributed by atoms with Gasteiger partial charge in [0, 0.05) is 17.9 Å². The minimum atomic E-state index is 0.541. The Balaban J connectivity index is 2.13. The molecule has 0 saturated heterocycles. The molecule has 3 aromatic rings. The Morgan fingerprint density at radius 2 is 1.73 bits per heavy atom. The highest BCUT2D eigenvalue weighted by molar-refractivity contribution is 5.88. The smallest absolute Gasteiger partial charge is 0.164 e. The first-order valence-corrected chi connectivity index (χ1v) is 6.88. The van der Waals surface area contributed by atoms with Gasteiger partial charge in [-0.2, -0.15) is 5.26 Å². The van der Waals surface area contributed by atoms with Gasteiger partial charge in [0.1, 0.15) is 23.0 Å². The fourth-order valence-electron chi connectivity index (χ4n) is 2.50. The van der Waals surface area contributed by atoms with Crippen LogP contribution in [0.15, 0.2) is 46.9 Å². The molecule has 0 spiro atoms. The highest BCUT2D eigenvalue weighted by atomic mass is 16.5. The molecular weight excluding hydrogens is 278 g/mol. The predicted octanol–water partition coefficient (Wildman–Crippen LogP) is 3.91. The van der Waals surface area contributed by atoms with E-state index in [2.05, 4.69) is 6.07 Å². The lowest BCUT2D eigenvalue weighted by Crippen LogP contribution is -1.90. The Kier molecular flexibility index (Phi) is 3.71. The number of fused-ring (bicyclic) bond motifs is 1. The molecular formula is C18H15NO3. The maximum atomic E-state index is 9.49. The van der Waals surface area contributed by atoms with Crippen LogP contribution in [0.25, 0.3) is 11.0 Å².